The van der Waals surface area contributed by atoms with Crippen molar-refractivity contribution in [3.05, 3.63) is 100.0 Å². The normalized spacial score (nSPS) is 17.1. The second-order valence-corrected chi connectivity index (χ2v) is 9.57. The average Bonchev–Trinajstić information content (AvgIpc) is 2.87. The monoisotopic (exact) mass is 470 g/mol. The van der Waals surface area contributed by atoms with Gasteiger partial charge in [-0.15, -0.1) is 0 Å². The Morgan fingerprint density at radius 1 is 1.00 bits per heavy atom. The van der Waals surface area contributed by atoms with Crippen molar-refractivity contribution in [2.75, 3.05) is 31.2 Å². The van der Waals surface area contributed by atoms with Crippen LogP contribution in [0, 0.1) is 6.92 Å². The summed E-state index contributed by atoms with van der Waals surface area (Å²) in [6.45, 7) is 4.76. The van der Waals surface area contributed by atoms with Crippen molar-refractivity contribution < 1.29 is 14.3 Å². The van der Waals surface area contributed by atoms with Gasteiger partial charge in [-0.05, 0) is 42.3 Å². The third-order valence-electron chi connectivity index (χ3n) is 5.99. The number of carbonyl (C=O) groups excluding carboxylic acids is 2. The van der Waals surface area contributed by atoms with Gasteiger partial charge in [0.05, 0.1) is 30.4 Å². The Bertz CT molecular complexity index is 1250. The van der Waals surface area contributed by atoms with Gasteiger partial charge in [0.2, 0.25) is 0 Å². The van der Waals surface area contributed by atoms with E-state index >= 15 is 0 Å². The zero-order valence-corrected chi connectivity index (χ0v) is 19.9. The Balaban J connectivity index is 1.53. The van der Waals surface area contributed by atoms with E-state index in [0.29, 0.717) is 43.3 Å². The molecule has 0 unspecified atom stereocenters. The van der Waals surface area contributed by atoms with Crippen LogP contribution in [0.2, 0.25) is 0 Å². The fourth-order valence-corrected chi connectivity index (χ4v) is 5.28. The average molecular weight is 471 g/mol. The van der Waals surface area contributed by atoms with E-state index in [0.717, 1.165) is 27.3 Å². The van der Waals surface area contributed by atoms with E-state index in [9.17, 15) is 9.59 Å². The summed E-state index contributed by atoms with van der Waals surface area (Å²) in [6.07, 6.45) is 1.94. The quantitative estimate of drug-likeness (QED) is 0.495. The van der Waals surface area contributed by atoms with Crippen molar-refractivity contribution in [1.82, 2.24) is 4.90 Å². The van der Waals surface area contributed by atoms with Crippen LogP contribution >= 0.6 is 11.8 Å². The van der Waals surface area contributed by atoms with Crippen LogP contribution in [0.3, 0.4) is 0 Å². The molecule has 1 fully saturated rings. The van der Waals surface area contributed by atoms with E-state index in [-0.39, 0.29) is 11.8 Å². The van der Waals surface area contributed by atoms with Gasteiger partial charge < -0.3 is 14.5 Å². The molecule has 0 aliphatic carbocycles. The Morgan fingerprint density at radius 3 is 2.56 bits per heavy atom. The van der Waals surface area contributed by atoms with Crippen LogP contribution in [0.15, 0.2) is 82.6 Å². The summed E-state index contributed by atoms with van der Waals surface area (Å²) in [6, 6.07) is 23.8. The molecule has 2 aliphatic heterocycles. The highest BCUT2D eigenvalue weighted by molar-refractivity contribution is 8.04. The first kappa shape index (κ1) is 22.4. The molecule has 3 aromatic carbocycles. The first-order valence-corrected chi connectivity index (χ1v) is 12.2. The van der Waals surface area contributed by atoms with E-state index in [2.05, 4.69) is 6.07 Å². The number of hydrogen-bond acceptors (Lipinski definition) is 4. The summed E-state index contributed by atoms with van der Waals surface area (Å²) in [5.41, 5.74) is 4.55. The smallest absolute Gasteiger partial charge is 0.265 e. The van der Waals surface area contributed by atoms with Crippen molar-refractivity contribution in [2.24, 2.45) is 0 Å². The topological polar surface area (TPSA) is 49.9 Å². The number of amides is 2. The molecule has 0 aromatic heterocycles. The molecule has 1 saturated heterocycles. The number of thioether (sulfide) groups is 1. The minimum atomic E-state index is -0.0566. The number of aryl methyl sites for hydroxylation is 1. The van der Waals surface area contributed by atoms with Crippen LogP contribution in [-0.4, -0.2) is 43.0 Å². The SMILES string of the molecule is Cc1cccc(CN2C(=O)/C(=C/c3ccccc3)Sc3ccc(C(=O)N4CCOCC4)cc32)c1. The number of rotatable bonds is 4. The molecule has 0 spiro atoms. The van der Waals surface area contributed by atoms with Gasteiger partial charge in [-0.3, -0.25) is 9.59 Å². The fourth-order valence-electron chi connectivity index (χ4n) is 4.24. The molecule has 3 aromatic rings. The predicted octanol–water partition coefficient (Wildman–Crippen LogP) is 5.15. The molecule has 5 rings (SSSR count). The molecular weight excluding hydrogens is 444 g/mol. The van der Waals surface area contributed by atoms with Crippen molar-refractivity contribution in [2.45, 2.75) is 18.4 Å². The molecule has 172 valence electrons. The summed E-state index contributed by atoms with van der Waals surface area (Å²) < 4.78 is 5.39. The number of fused-ring (bicyclic) bond motifs is 1. The molecule has 0 saturated carbocycles. The van der Waals surface area contributed by atoms with Gasteiger partial charge in [0.25, 0.3) is 11.8 Å². The molecule has 2 heterocycles. The van der Waals surface area contributed by atoms with E-state index in [1.165, 1.54) is 11.8 Å². The summed E-state index contributed by atoms with van der Waals surface area (Å²) >= 11 is 1.46. The Hall–Kier alpha value is -3.35. The van der Waals surface area contributed by atoms with E-state index < -0.39 is 0 Å². The third-order valence-corrected chi connectivity index (χ3v) is 7.07. The lowest BCUT2D eigenvalue weighted by Crippen LogP contribution is -2.41. The summed E-state index contributed by atoms with van der Waals surface area (Å²) in [5.74, 6) is -0.0801. The Kier molecular flexibility index (Phi) is 6.52. The molecule has 5 nitrogen and oxygen atoms in total. The van der Waals surface area contributed by atoms with Crippen molar-refractivity contribution in [1.29, 1.82) is 0 Å². The molecule has 6 heteroatoms. The molecule has 34 heavy (non-hydrogen) atoms. The van der Waals surface area contributed by atoms with Crippen LogP contribution in [0.25, 0.3) is 6.08 Å². The number of morpholine rings is 1. The molecule has 0 atom stereocenters. The molecule has 2 amide bonds. The second-order valence-electron chi connectivity index (χ2n) is 8.49. The number of benzene rings is 3. The number of carbonyl (C=O) groups is 2. The van der Waals surface area contributed by atoms with Crippen LogP contribution in [0.4, 0.5) is 5.69 Å². The highest BCUT2D eigenvalue weighted by Gasteiger charge is 2.31. The maximum atomic E-state index is 13.7. The lowest BCUT2D eigenvalue weighted by molar-refractivity contribution is -0.114. The predicted molar refractivity (Wildman–Crippen MR) is 136 cm³/mol. The van der Waals surface area contributed by atoms with Crippen molar-refractivity contribution in [3.63, 3.8) is 0 Å². The zero-order valence-electron chi connectivity index (χ0n) is 19.1. The summed E-state index contributed by atoms with van der Waals surface area (Å²) in [5, 5.41) is 0. The number of nitrogens with zero attached hydrogens (tertiary/aromatic N) is 2. The molecule has 0 radical (unpaired) electrons. The summed E-state index contributed by atoms with van der Waals surface area (Å²) in [7, 11) is 0. The van der Waals surface area contributed by atoms with E-state index in [4.69, 9.17) is 4.74 Å². The molecule has 0 bridgehead atoms. The van der Waals surface area contributed by atoms with Gasteiger partial charge in [0.1, 0.15) is 0 Å². The number of ether oxygens (including phenoxy) is 1. The maximum absolute atomic E-state index is 13.7. The zero-order chi connectivity index (χ0) is 23.5. The number of anilines is 1. The van der Waals surface area contributed by atoms with Gasteiger partial charge >= 0.3 is 0 Å². The largest absolute Gasteiger partial charge is 0.378 e. The van der Waals surface area contributed by atoms with Gasteiger partial charge in [-0.25, -0.2) is 0 Å². The van der Waals surface area contributed by atoms with Crippen LogP contribution in [0.1, 0.15) is 27.0 Å². The Labute approximate surface area is 204 Å². The van der Waals surface area contributed by atoms with Gasteiger partial charge in [0, 0.05) is 23.5 Å². The van der Waals surface area contributed by atoms with E-state index in [1.54, 1.807) is 4.90 Å². The first-order valence-electron chi connectivity index (χ1n) is 11.4. The lowest BCUT2D eigenvalue weighted by Gasteiger charge is -2.32. The van der Waals surface area contributed by atoms with Gasteiger partial charge in [-0.2, -0.15) is 0 Å². The third kappa shape index (κ3) is 4.79. The highest BCUT2D eigenvalue weighted by Crippen LogP contribution is 2.43. The van der Waals surface area contributed by atoms with E-state index in [1.807, 2.05) is 84.6 Å². The van der Waals surface area contributed by atoms with Gasteiger partial charge in [-0.1, -0.05) is 71.9 Å². The minimum Gasteiger partial charge on any atom is -0.378 e. The van der Waals surface area contributed by atoms with Crippen molar-refractivity contribution in [3.8, 4) is 0 Å². The van der Waals surface area contributed by atoms with Crippen LogP contribution in [-0.2, 0) is 16.1 Å². The van der Waals surface area contributed by atoms with Crippen LogP contribution in [0.5, 0.6) is 0 Å². The highest BCUT2D eigenvalue weighted by atomic mass is 32.2. The maximum Gasteiger partial charge on any atom is 0.265 e. The van der Waals surface area contributed by atoms with Crippen LogP contribution < -0.4 is 4.90 Å². The standard InChI is InChI=1S/C28H26N2O3S/c1-20-6-5-9-22(16-20)19-30-24-18-23(27(31)29-12-14-33-15-13-29)10-11-25(24)34-26(28(30)32)17-21-7-3-2-4-8-21/h2-11,16-18H,12-15,19H2,1H3/b26-17-. The number of hydrogen-bond donors (Lipinski definition) is 0. The van der Waals surface area contributed by atoms with Gasteiger partial charge in [0.15, 0.2) is 0 Å². The minimum absolute atomic E-state index is 0.0234. The fraction of sp³-hybridized carbons (Fsp3) is 0.214. The molecular formula is C28H26N2O3S. The lowest BCUT2D eigenvalue weighted by atomic mass is 10.1. The van der Waals surface area contributed by atoms with Crippen molar-refractivity contribution >= 4 is 35.3 Å². The molecule has 2 aliphatic rings. The molecule has 0 N–H and O–H groups in total. The second kappa shape index (κ2) is 9.87. The first-order chi connectivity index (χ1) is 16.6. The Morgan fingerprint density at radius 2 is 1.79 bits per heavy atom. The summed E-state index contributed by atoms with van der Waals surface area (Å²) in [4.78, 5) is 32.1.